The number of hydrogen-bond donors (Lipinski definition) is 0. The quantitative estimate of drug-likeness (QED) is 0.478. The molecule has 0 unspecified atom stereocenters. The lowest BCUT2D eigenvalue weighted by molar-refractivity contribution is -0.385. The number of alkyl halides is 4. The number of nitro benzene ring substituents is 1. The summed E-state index contributed by atoms with van der Waals surface area (Å²) < 4.78 is 37.6. The van der Waals surface area contributed by atoms with Gasteiger partial charge in [-0.2, -0.15) is 18.4 Å². The zero-order valence-corrected chi connectivity index (χ0v) is 9.67. The monoisotopic (exact) mass is 308 g/mol. The molecule has 0 bridgehead atoms. The number of rotatable bonds is 2. The third-order valence-corrected chi connectivity index (χ3v) is 2.59. The minimum absolute atomic E-state index is 0.00384. The molecule has 0 aliphatic carbocycles. The van der Waals surface area contributed by atoms with Crippen molar-refractivity contribution in [2.45, 2.75) is 11.5 Å². The van der Waals surface area contributed by atoms with E-state index in [0.29, 0.717) is 6.07 Å². The average Bonchev–Trinajstić information content (AvgIpc) is 2.25. The summed E-state index contributed by atoms with van der Waals surface area (Å²) in [6, 6.07) is 2.63. The second kappa shape index (κ2) is 4.71. The van der Waals surface area contributed by atoms with E-state index in [2.05, 4.69) is 15.9 Å². The van der Waals surface area contributed by atoms with E-state index in [1.165, 1.54) is 6.07 Å². The zero-order chi connectivity index (χ0) is 13.2. The molecule has 1 aromatic carbocycles. The van der Waals surface area contributed by atoms with Crippen LogP contribution in [0.4, 0.5) is 18.9 Å². The maximum absolute atomic E-state index is 12.5. The SMILES string of the molecule is N#Cc1cc(CBr)c([N+](=O)[O-])cc1C(F)(F)F. The fraction of sp³-hybridized carbons (Fsp3) is 0.222. The van der Waals surface area contributed by atoms with E-state index in [1.807, 2.05) is 0 Å². The molecule has 0 amide bonds. The topological polar surface area (TPSA) is 66.9 Å². The van der Waals surface area contributed by atoms with Crippen LogP contribution in [-0.4, -0.2) is 4.92 Å². The Balaban J connectivity index is 3.58. The van der Waals surface area contributed by atoms with Crippen LogP contribution in [-0.2, 0) is 11.5 Å². The standard InChI is InChI=1S/C9H4BrF3N2O2/c10-3-5-1-6(4-14)7(9(11,12)13)2-8(5)15(16)17/h1-2H,3H2. The first kappa shape index (κ1) is 13.4. The summed E-state index contributed by atoms with van der Waals surface area (Å²) in [7, 11) is 0. The molecule has 0 atom stereocenters. The zero-order valence-electron chi connectivity index (χ0n) is 8.08. The molecule has 0 spiro atoms. The maximum atomic E-state index is 12.5. The number of hydrogen-bond acceptors (Lipinski definition) is 3. The Bertz CT molecular complexity index is 508. The van der Waals surface area contributed by atoms with Crippen molar-refractivity contribution in [3.63, 3.8) is 0 Å². The molecule has 0 heterocycles. The van der Waals surface area contributed by atoms with E-state index in [1.54, 1.807) is 0 Å². The molecular weight excluding hydrogens is 305 g/mol. The van der Waals surface area contributed by atoms with Gasteiger partial charge in [0.15, 0.2) is 0 Å². The fourth-order valence-electron chi connectivity index (χ4n) is 1.24. The minimum atomic E-state index is -4.79. The van der Waals surface area contributed by atoms with Crippen molar-refractivity contribution in [1.82, 2.24) is 0 Å². The van der Waals surface area contributed by atoms with Crippen molar-refractivity contribution in [2.24, 2.45) is 0 Å². The summed E-state index contributed by atoms with van der Waals surface area (Å²) in [4.78, 5) is 9.68. The third-order valence-electron chi connectivity index (χ3n) is 1.99. The van der Waals surface area contributed by atoms with Crippen molar-refractivity contribution in [1.29, 1.82) is 5.26 Å². The van der Waals surface area contributed by atoms with Gasteiger partial charge in [-0.3, -0.25) is 10.1 Å². The largest absolute Gasteiger partial charge is 0.417 e. The van der Waals surface area contributed by atoms with Crippen LogP contribution in [0.5, 0.6) is 0 Å². The summed E-state index contributed by atoms with van der Waals surface area (Å²) >= 11 is 2.92. The molecule has 90 valence electrons. The van der Waals surface area contributed by atoms with Gasteiger partial charge in [0.2, 0.25) is 0 Å². The minimum Gasteiger partial charge on any atom is -0.258 e. The highest BCUT2D eigenvalue weighted by Crippen LogP contribution is 2.36. The Morgan fingerprint density at radius 3 is 2.41 bits per heavy atom. The number of nitrogens with zero attached hydrogens (tertiary/aromatic N) is 2. The van der Waals surface area contributed by atoms with E-state index >= 15 is 0 Å². The average molecular weight is 309 g/mol. The molecule has 0 fully saturated rings. The number of nitriles is 1. The van der Waals surface area contributed by atoms with Gasteiger partial charge in [-0.05, 0) is 6.07 Å². The van der Waals surface area contributed by atoms with Gasteiger partial charge in [0.25, 0.3) is 5.69 Å². The van der Waals surface area contributed by atoms with Crippen molar-refractivity contribution in [3.8, 4) is 6.07 Å². The Hall–Kier alpha value is -1.62. The van der Waals surface area contributed by atoms with E-state index in [4.69, 9.17) is 5.26 Å². The first-order valence-corrected chi connectivity index (χ1v) is 5.28. The van der Waals surface area contributed by atoms with Gasteiger partial charge >= 0.3 is 6.18 Å². The predicted octanol–water partition coefficient (Wildman–Crippen LogP) is 3.38. The molecule has 0 saturated heterocycles. The summed E-state index contributed by atoms with van der Waals surface area (Å²) in [6.45, 7) is 0. The van der Waals surface area contributed by atoms with Crippen LogP contribution in [0.25, 0.3) is 0 Å². The van der Waals surface area contributed by atoms with Crippen LogP contribution in [0, 0.1) is 21.4 Å². The Morgan fingerprint density at radius 2 is 2.06 bits per heavy atom. The van der Waals surface area contributed by atoms with Gasteiger partial charge in [-0.1, -0.05) is 15.9 Å². The molecule has 0 aliphatic rings. The molecular formula is C9H4BrF3N2O2. The second-order valence-corrected chi connectivity index (χ2v) is 3.59. The predicted molar refractivity (Wildman–Crippen MR) is 55.4 cm³/mol. The lowest BCUT2D eigenvalue weighted by Crippen LogP contribution is -2.09. The van der Waals surface area contributed by atoms with Crippen molar-refractivity contribution in [2.75, 3.05) is 0 Å². The Kier molecular flexibility index (Phi) is 3.72. The van der Waals surface area contributed by atoms with Crippen LogP contribution in [0.1, 0.15) is 16.7 Å². The summed E-state index contributed by atoms with van der Waals surface area (Å²) in [5, 5.41) is 19.2. The van der Waals surface area contributed by atoms with Gasteiger partial charge in [0, 0.05) is 17.0 Å². The molecule has 17 heavy (non-hydrogen) atoms. The second-order valence-electron chi connectivity index (χ2n) is 3.03. The Morgan fingerprint density at radius 1 is 1.47 bits per heavy atom. The Labute approximate surface area is 102 Å². The van der Waals surface area contributed by atoms with E-state index in [9.17, 15) is 23.3 Å². The van der Waals surface area contributed by atoms with E-state index in [-0.39, 0.29) is 10.9 Å². The van der Waals surface area contributed by atoms with Gasteiger partial charge in [-0.25, -0.2) is 0 Å². The maximum Gasteiger partial charge on any atom is 0.417 e. The molecule has 8 heteroatoms. The van der Waals surface area contributed by atoms with Crippen LogP contribution >= 0.6 is 15.9 Å². The van der Waals surface area contributed by atoms with Crippen molar-refractivity contribution in [3.05, 3.63) is 38.9 Å². The van der Waals surface area contributed by atoms with Crippen LogP contribution < -0.4 is 0 Å². The highest BCUT2D eigenvalue weighted by molar-refractivity contribution is 9.08. The van der Waals surface area contributed by atoms with Gasteiger partial charge in [-0.15, -0.1) is 0 Å². The molecule has 0 aromatic heterocycles. The number of nitro groups is 1. The highest BCUT2D eigenvalue weighted by atomic mass is 79.9. The van der Waals surface area contributed by atoms with E-state index in [0.717, 1.165) is 6.07 Å². The first-order valence-electron chi connectivity index (χ1n) is 4.15. The van der Waals surface area contributed by atoms with Gasteiger partial charge in [0.05, 0.1) is 22.1 Å². The summed E-state index contributed by atoms with van der Waals surface area (Å²) in [6.07, 6.45) is -4.79. The fourth-order valence-corrected chi connectivity index (χ4v) is 1.69. The normalized spacial score (nSPS) is 11.0. The van der Waals surface area contributed by atoms with Crippen LogP contribution in [0.3, 0.4) is 0 Å². The van der Waals surface area contributed by atoms with Gasteiger partial charge < -0.3 is 0 Å². The molecule has 1 rings (SSSR count). The molecule has 4 nitrogen and oxygen atoms in total. The van der Waals surface area contributed by atoms with Gasteiger partial charge in [0.1, 0.15) is 0 Å². The van der Waals surface area contributed by atoms with Crippen LogP contribution in [0.15, 0.2) is 12.1 Å². The third kappa shape index (κ3) is 2.74. The smallest absolute Gasteiger partial charge is 0.258 e. The molecule has 1 aromatic rings. The lowest BCUT2D eigenvalue weighted by Gasteiger charge is -2.09. The molecule has 0 N–H and O–H groups in total. The molecule has 0 aliphatic heterocycles. The highest BCUT2D eigenvalue weighted by Gasteiger charge is 2.36. The first-order chi connectivity index (χ1) is 7.81. The van der Waals surface area contributed by atoms with Crippen molar-refractivity contribution >= 4 is 21.6 Å². The summed E-state index contributed by atoms with van der Waals surface area (Å²) in [5.41, 5.74) is -2.55. The van der Waals surface area contributed by atoms with E-state index < -0.39 is 27.9 Å². The number of halogens is 4. The summed E-state index contributed by atoms with van der Waals surface area (Å²) in [5.74, 6) is 0. The lowest BCUT2D eigenvalue weighted by atomic mass is 10.0. The number of benzene rings is 1. The molecule has 0 saturated carbocycles. The van der Waals surface area contributed by atoms with Crippen molar-refractivity contribution < 1.29 is 18.1 Å². The van der Waals surface area contributed by atoms with Crippen LogP contribution in [0.2, 0.25) is 0 Å². The molecule has 0 radical (unpaired) electrons.